The van der Waals surface area contributed by atoms with Gasteiger partial charge in [-0.1, -0.05) is 0 Å². The third-order valence-electron chi connectivity index (χ3n) is 2.59. The number of hydrogen-bond donors (Lipinski definition) is 3. The monoisotopic (exact) mass is 227 g/mol. The van der Waals surface area contributed by atoms with Gasteiger partial charge in [0.2, 0.25) is 5.91 Å². The Hall–Kier alpha value is -1.14. The summed E-state index contributed by atoms with van der Waals surface area (Å²) < 4.78 is 5.26. The van der Waals surface area contributed by atoms with Crippen LogP contribution in [0.4, 0.5) is 0 Å². The van der Waals surface area contributed by atoms with Gasteiger partial charge in [-0.15, -0.1) is 0 Å². The van der Waals surface area contributed by atoms with E-state index < -0.39 is 6.10 Å². The molecule has 2 amide bonds. The van der Waals surface area contributed by atoms with Gasteiger partial charge in [0, 0.05) is 19.1 Å². The highest BCUT2D eigenvalue weighted by molar-refractivity contribution is 5.87. The maximum absolute atomic E-state index is 11.5. The summed E-state index contributed by atoms with van der Waals surface area (Å²) in [6.07, 6.45) is 1.63. The standard InChI is InChI=1S/C10H17N3O3/c14-9(13-7-1-2-7)6-12-10(15)8-5-11-3-4-16-8/h7-8,11H,1-6H2,(H,12,15)(H,13,14). The van der Waals surface area contributed by atoms with E-state index in [4.69, 9.17) is 4.74 Å². The summed E-state index contributed by atoms with van der Waals surface area (Å²) in [7, 11) is 0. The largest absolute Gasteiger partial charge is 0.366 e. The van der Waals surface area contributed by atoms with E-state index in [9.17, 15) is 9.59 Å². The second-order valence-electron chi connectivity index (χ2n) is 4.12. The Kier molecular flexibility index (Phi) is 3.74. The van der Waals surface area contributed by atoms with Gasteiger partial charge in [0.05, 0.1) is 13.2 Å². The molecule has 3 N–H and O–H groups in total. The number of carbonyl (C=O) groups is 2. The fraction of sp³-hybridized carbons (Fsp3) is 0.800. The highest BCUT2D eigenvalue weighted by atomic mass is 16.5. The molecule has 1 heterocycles. The van der Waals surface area contributed by atoms with Crippen LogP contribution in [0.15, 0.2) is 0 Å². The van der Waals surface area contributed by atoms with E-state index in [1.54, 1.807) is 0 Å². The van der Waals surface area contributed by atoms with E-state index >= 15 is 0 Å². The number of ether oxygens (including phenoxy) is 1. The van der Waals surface area contributed by atoms with E-state index in [0.717, 1.165) is 19.4 Å². The topological polar surface area (TPSA) is 79.5 Å². The third-order valence-corrected chi connectivity index (χ3v) is 2.59. The lowest BCUT2D eigenvalue weighted by Crippen LogP contribution is -2.49. The molecule has 2 aliphatic rings. The van der Waals surface area contributed by atoms with Crippen LogP contribution in [0.2, 0.25) is 0 Å². The van der Waals surface area contributed by atoms with Crippen molar-refractivity contribution in [3.05, 3.63) is 0 Å². The van der Waals surface area contributed by atoms with Crippen molar-refractivity contribution < 1.29 is 14.3 Å². The van der Waals surface area contributed by atoms with E-state index in [-0.39, 0.29) is 18.4 Å². The molecule has 90 valence electrons. The maximum Gasteiger partial charge on any atom is 0.250 e. The highest BCUT2D eigenvalue weighted by Gasteiger charge is 2.25. The summed E-state index contributed by atoms with van der Waals surface area (Å²) in [6.45, 7) is 1.85. The summed E-state index contributed by atoms with van der Waals surface area (Å²) >= 11 is 0. The summed E-state index contributed by atoms with van der Waals surface area (Å²) in [5.41, 5.74) is 0. The van der Waals surface area contributed by atoms with Crippen LogP contribution in [0.3, 0.4) is 0 Å². The number of amides is 2. The van der Waals surface area contributed by atoms with Crippen LogP contribution in [0, 0.1) is 0 Å². The first kappa shape index (κ1) is 11.3. The van der Waals surface area contributed by atoms with Crippen molar-refractivity contribution in [2.75, 3.05) is 26.2 Å². The fourth-order valence-corrected chi connectivity index (χ4v) is 1.52. The lowest BCUT2D eigenvalue weighted by Gasteiger charge is -2.22. The van der Waals surface area contributed by atoms with Crippen molar-refractivity contribution in [3.8, 4) is 0 Å². The van der Waals surface area contributed by atoms with Crippen molar-refractivity contribution >= 4 is 11.8 Å². The molecule has 1 aliphatic heterocycles. The summed E-state index contributed by atoms with van der Waals surface area (Å²) in [6, 6.07) is 0.331. The SMILES string of the molecule is O=C(CNC(=O)C1CNCCO1)NC1CC1. The minimum Gasteiger partial charge on any atom is -0.366 e. The van der Waals surface area contributed by atoms with Crippen molar-refractivity contribution in [2.45, 2.75) is 25.0 Å². The Morgan fingerprint density at radius 2 is 2.19 bits per heavy atom. The molecule has 16 heavy (non-hydrogen) atoms. The molecule has 1 aliphatic carbocycles. The van der Waals surface area contributed by atoms with Gasteiger partial charge in [-0.25, -0.2) is 0 Å². The zero-order valence-corrected chi connectivity index (χ0v) is 9.12. The average Bonchev–Trinajstić information content (AvgIpc) is 3.11. The molecule has 0 spiro atoms. The van der Waals surface area contributed by atoms with Gasteiger partial charge < -0.3 is 20.7 Å². The summed E-state index contributed by atoms with van der Waals surface area (Å²) in [5.74, 6) is -0.349. The fourth-order valence-electron chi connectivity index (χ4n) is 1.52. The van der Waals surface area contributed by atoms with E-state index in [1.807, 2.05) is 0 Å². The van der Waals surface area contributed by atoms with Crippen molar-refractivity contribution in [2.24, 2.45) is 0 Å². The predicted octanol–water partition coefficient (Wildman–Crippen LogP) is -1.63. The molecule has 6 heteroatoms. The normalized spacial score (nSPS) is 24.9. The van der Waals surface area contributed by atoms with Crippen molar-refractivity contribution in [1.82, 2.24) is 16.0 Å². The number of rotatable bonds is 4. The van der Waals surface area contributed by atoms with E-state index in [2.05, 4.69) is 16.0 Å². The number of nitrogens with one attached hydrogen (secondary N) is 3. The Morgan fingerprint density at radius 1 is 1.38 bits per heavy atom. The first-order valence-electron chi connectivity index (χ1n) is 5.65. The Morgan fingerprint density at radius 3 is 2.81 bits per heavy atom. The molecule has 2 rings (SSSR count). The Balaban J connectivity index is 1.63. The van der Waals surface area contributed by atoms with Gasteiger partial charge in [-0.3, -0.25) is 9.59 Å². The second kappa shape index (κ2) is 5.27. The lowest BCUT2D eigenvalue weighted by atomic mass is 10.3. The smallest absolute Gasteiger partial charge is 0.250 e. The minimum atomic E-state index is -0.470. The summed E-state index contributed by atoms with van der Waals surface area (Å²) in [5, 5.41) is 8.43. The molecule has 1 atom stereocenters. The molecule has 0 radical (unpaired) electrons. The summed E-state index contributed by atoms with van der Waals surface area (Å²) in [4.78, 5) is 22.8. The molecule has 2 fully saturated rings. The van der Waals surface area contributed by atoms with Crippen LogP contribution in [-0.4, -0.2) is 50.2 Å². The minimum absolute atomic E-state index is 0.0369. The molecule has 0 aromatic heterocycles. The highest BCUT2D eigenvalue weighted by Crippen LogP contribution is 2.18. The third kappa shape index (κ3) is 3.46. The van der Waals surface area contributed by atoms with Crippen LogP contribution in [0.25, 0.3) is 0 Å². The zero-order valence-electron chi connectivity index (χ0n) is 9.12. The molecule has 0 bridgehead atoms. The molecule has 0 aromatic carbocycles. The molecular formula is C10H17N3O3. The average molecular weight is 227 g/mol. The first-order chi connectivity index (χ1) is 7.75. The maximum atomic E-state index is 11.5. The molecule has 0 aromatic rings. The molecule has 1 saturated heterocycles. The Bertz CT molecular complexity index is 272. The van der Waals surface area contributed by atoms with Crippen LogP contribution in [0.1, 0.15) is 12.8 Å². The number of morpholine rings is 1. The van der Waals surface area contributed by atoms with Crippen LogP contribution < -0.4 is 16.0 Å². The Labute approximate surface area is 94.1 Å². The van der Waals surface area contributed by atoms with Crippen LogP contribution >= 0.6 is 0 Å². The lowest BCUT2D eigenvalue weighted by molar-refractivity contribution is -0.136. The van der Waals surface area contributed by atoms with Crippen LogP contribution in [0.5, 0.6) is 0 Å². The van der Waals surface area contributed by atoms with Gasteiger partial charge in [0.15, 0.2) is 0 Å². The quantitative estimate of drug-likeness (QED) is 0.539. The van der Waals surface area contributed by atoms with Crippen LogP contribution in [-0.2, 0) is 14.3 Å². The van der Waals surface area contributed by atoms with Gasteiger partial charge >= 0.3 is 0 Å². The molecule has 1 saturated carbocycles. The number of hydrogen-bond acceptors (Lipinski definition) is 4. The predicted molar refractivity (Wildman–Crippen MR) is 56.8 cm³/mol. The molecule has 6 nitrogen and oxygen atoms in total. The van der Waals surface area contributed by atoms with Crippen molar-refractivity contribution in [3.63, 3.8) is 0 Å². The first-order valence-corrected chi connectivity index (χ1v) is 5.65. The molecule has 1 unspecified atom stereocenters. The number of carbonyl (C=O) groups excluding carboxylic acids is 2. The van der Waals surface area contributed by atoms with Gasteiger partial charge in [0.1, 0.15) is 6.10 Å². The van der Waals surface area contributed by atoms with E-state index in [0.29, 0.717) is 19.2 Å². The van der Waals surface area contributed by atoms with Crippen molar-refractivity contribution in [1.29, 1.82) is 0 Å². The van der Waals surface area contributed by atoms with Gasteiger partial charge in [0.25, 0.3) is 5.91 Å². The molecular weight excluding hydrogens is 210 g/mol. The van der Waals surface area contributed by atoms with Gasteiger partial charge in [-0.05, 0) is 12.8 Å². The van der Waals surface area contributed by atoms with E-state index in [1.165, 1.54) is 0 Å². The second-order valence-corrected chi connectivity index (χ2v) is 4.12. The zero-order chi connectivity index (χ0) is 11.4. The van der Waals surface area contributed by atoms with Gasteiger partial charge in [-0.2, -0.15) is 0 Å².